The highest BCUT2D eigenvalue weighted by Crippen LogP contribution is 2.26. The third-order valence-corrected chi connectivity index (χ3v) is 4.88. The second-order valence-electron chi connectivity index (χ2n) is 6.66. The fourth-order valence-electron chi connectivity index (χ4n) is 3.39. The van der Waals surface area contributed by atoms with E-state index in [4.69, 9.17) is 4.74 Å². The number of ether oxygens (including phenoxy) is 1. The molecule has 4 nitrogen and oxygen atoms in total. The van der Waals surface area contributed by atoms with Crippen molar-refractivity contribution in [2.24, 2.45) is 5.92 Å². The Morgan fingerprint density at radius 1 is 1.11 bits per heavy atom. The number of piperidine rings is 1. The first-order valence-electron chi connectivity index (χ1n) is 8.89. The Morgan fingerprint density at radius 3 is 2.56 bits per heavy atom. The number of methoxy groups -OCH3 is 1. The predicted molar refractivity (Wildman–Crippen MR) is 96.7 cm³/mol. The monoisotopic (exact) mass is 373 g/mol. The third-order valence-electron chi connectivity index (χ3n) is 4.88. The van der Waals surface area contributed by atoms with Gasteiger partial charge in [0.1, 0.15) is 5.78 Å². The van der Waals surface area contributed by atoms with E-state index >= 15 is 0 Å². The summed E-state index contributed by atoms with van der Waals surface area (Å²) < 4.78 is 32.9. The first-order chi connectivity index (χ1) is 13.0. The van der Waals surface area contributed by atoms with Crippen LogP contribution in [0.2, 0.25) is 0 Å². The average molecular weight is 373 g/mol. The number of amides is 1. The van der Waals surface area contributed by atoms with Crippen molar-refractivity contribution in [3.05, 3.63) is 65.2 Å². The van der Waals surface area contributed by atoms with E-state index in [2.05, 4.69) is 0 Å². The number of Topliss-reactive ketones (excluding diaryl/α,β-unsaturated/α-hetero) is 1. The van der Waals surface area contributed by atoms with Gasteiger partial charge in [0, 0.05) is 25.4 Å². The lowest BCUT2D eigenvalue weighted by atomic mass is 9.90. The number of carbonyl (C=O) groups excluding carboxylic acids is 2. The Kier molecular flexibility index (Phi) is 5.84. The minimum Gasteiger partial charge on any atom is -0.494 e. The van der Waals surface area contributed by atoms with Gasteiger partial charge in [-0.1, -0.05) is 30.3 Å². The van der Waals surface area contributed by atoms with Crippen molar-refractivity contribution in [3.8, 4) is 5.75 Å². The zero-order valence-corrected chi connectivity index (χ0v) is 15.1. The Labute approximate surface area is 156 Å². The summed E-state index contributed by atoms with van der Waals surface area (Å²) in [6, 6.07) is 11.9. The van der Waals surface area contributed by atoms with Crippen LogP contribution in [0, 0.1) is 17.6 Å². The largest absolute Gasteiger partial charge is 0.494 e. The molecule has 2 aromatic rings. The molecular weight excluding hydrogens is 352 g/mol. The van der Waals surface area contributed by atoms with Gasteiger partial charge in [0.05, 0.1) is 12.7 Å². The molecule has 1 atom stereocenters. The summed E-state index contributed by atoms with van der Waals surface area (Å²) in [6.07, 6.45) is 1.64. The molecule has 1 saturated heterocycles. The van der Waals surface area contributed by atoms with Crippen LogP contribution in [-0.4, -0.2) is 36.8 Å². The fraction of sp³-hybridized carbons (Fsp3) is 0.333. The second-order valence-corrected chi connectivity index (χ2v) is 6.66. The quantitative estimate of drug-likeness (QED) is 0.804. The number of rotatable bonds is 5. The van der Waals surface area contributed by atoms with Crippen LogP contribution in [0.3, 0.4) is 0 Å². The van der Waals surface area contributed by atoms with Gasteiger partial charge in [-0.3, -0.25) is 9.59 Å². The van der Waals surface area contributed by atoms with Crippen LogP contribution in [-0.2, 0) is 11.2 Å². The number of likely N-dealkylation sites (tertiary alicyclic amines) is 1. The number of hydrogen-bond donors (Lipinski definition) is 0. The van der Waals surface area contributed by atoms with E-state index in [1.165, 1.54) is 24.1 Å². The summed E-state index contributed by atoms with van der Waals surface area (Å²) in [7, 11) is 1.23. The van der Waals surface area contributed by atoms with E-state index in [1.54, 1.807) is 0 Å². The minimum atomic E-state index is -1.22. The minimum absolute atomic E-state index is 0.0556. The maximum Gasteiger partial charge on any atom is 0.256 e. The van der Waals surface area contributed by atoms with Gasteiger partial charge >= 0.3 is 0 Å². The molecule has 0 saturated carbocycles. The van der Waals surface area contributed by atoms with Crippen LogP contribution < -0.4 is 4.74 Å². The summed E-state index contributed by atoms with van der Waals surface area (Å²) in [4.78, 5) is 26.7. The maximum absolute atomic E-state index is 14.2. The summed E-state index contributed by atoms with van der Waals surface area (Å²) >= 11 is 0. The van der Waals surface area contributed by atoms with Crippen molar-refractivity contribution in [1.29, 1.82) is 0 Å². The molecule has 1 unspecified atom stereocenters. The number of carbonyl (C=O) groups is 2. The highest BCUT2D eigenvalue weighted by Gasteiger charge is 2.30. The Bertz CT molecular complexity index is 839. The lowest BCUT2D eigenvalue weighted by molar-refractivity contribution is -0.123. The molecule has 6 heteroatoms. The molecule has 0 aliphatic carbocycles. The highest BCUT2D eigenvalue weighted by atomic mass is 19.2. The normalized spacial score (nSPS) is 16.9. The Hall–Kier alpha value is -2.76. The third kappa shape index (κ3) is 4.15. The summed E-state index contributed by atoms with van der Waals surface area (Å²) in [5.41, 5.74) is 0.582. The van der Waals surface area contributed by atoms with Crippen molar-refractivity contribution in [1.82, 2.24) is 4.90 Å². The molecule has 0 N–H and O–H groups in total. The molecule has 27 heavy (non-hydrogen) atoms. The molecule has 0 bridgehead atoms. The summed E-state index contributed by atoms with van der Waals surface area (Å²) in [6.45, 7) is 0.638. The van der Waals surface area contributed by atoms with E-state index < -0.39 is 17.5 Å². The molecule has 0 spiro atoms. The van der Waals surface area contributed by atoms with E-state index in [0.717, 1.165) is 5.56 Å². The zero-order valence-electron chi connectivity index (χ0n) is 15.1. The average Bonchev–Trinajstić information content (AvgIpc) is 2.70. The zero-order chi connectivity index (χ0) is 19.4. The molecule has 0 aromatic heterocycles. The van der Waals surface area contributed by atoms with Crippen molar-refractivity contribution in [2.45, 2.75) is 19.3 Å². The van der Waals surface area contributed by atoms with Crippen LogP contribution in [0.25, 0.3) is 0 Å². The van der Waals surface area contributed by atoms with Crippen molar-refractivity contribution in [3.63, 3.8) is 0 Å². The van der Waals surface area contributed by atoms with Crippen LogP contribution in [0.5, 0.6) is 5.75 Å². The van der Waals surface area contributed by atoms with Crippen LogP contribution in [0.4, 0.5) is 8.78 Å². The first kappa shape index (κ1) is 19.0. The summed E-state index contributed by atoms with van der Waals surface area (Å²) in [5, 5.41) is 0. The number of hydrogen-bond acceptors (Lipinski definition) is 3. The van der Waals surface area contributed by atoms with E-state index in [1.807, 2.05) is 30.3 Å². The number of halogens is 2. The molecule has 1 amide bonds. The van der Waals surface area contributed by atoms with E-state index in [-0.39, 0.29) is 29.6 Å². The van der Waals surface area contributed by atoms with Gasteiger partial charge in [-0.25, -0.2) is 4.39 Å². The molecule has 0 radical (unpaired) electrons. The van der Waals surface area contributed by atoms with Crippen molar-refractivity contribution >= 4 is 11.7 Å². The first-order valence-corrected chi connectivity index (χ1v) is 8.89. The molecule has 2 aromatic carbocycles. The SMILES string of the molecule is COc1ccc(C(=O)N2CCCC(C(=O)Cc3ccccc3)C2)c(F)c1F. The van der Waals surface area contributed by atoms with Gasteiger partial charge < -0.3 is 9.64 Å². The van der Waals surface area contributed by atoms with Crippen LogP contribution in [0.1, 0.15) is 28.8 Å². The molecule has 1 aliphatic heterocycles. The lowest BCUT2D eigenvalue weighted by Gasteiger charge is -2.32. The van der Waals surface area contributed by atoms with Crippen molar-refractivity contribution < 1.29 is 23.1 Å². The van der Waals surface area contributed by atoms with Crippen LogP contribution >= 0.6 is 0 Å². The van der Waals surface area contributed by atoms with Gasteiger partial charge in [0.2, 0.25) is 5.82 Å². The number of benzene rings is 2. The van der Waals surface area contributed by atoms with Gasteiger partial charge in [0.15, 0.2) is 11.6 Å². The number of nitrogens with zero attached hydrogens (tertiary/aromatic N) is 1. The topological polar surface area (TPSA) is 46.6 Å². The molecule has 3 rings (SSSR count). The van der Waals surface area contributed by atoms with E-state index in [9.17, 15) is 18.4 Å². The molecule has 142 valence electrons. The van der Waals surface area contributed by atoms with Gasteiger partial charge in [-0.05, 0) is 30.5 Å². The number of ketones is 1. The Balaban J connectivity index is 1.71. The van der Waals surface area contributed by atoms with Gasteiger partial charge in [0.25, 0.3) is 5.91 Å². The Morgan fingerprint density at radius 2 is 1.85 bits per heavy atom. The van der Waals surface area contributed by atoms with Gasteiger partial charge in [-0.15, -0.1) is 0 Å². The fourth-order valence-corrected chi connectivity index (χ4v) is 3.39. The molecule has 1 aliphatic rings. The summed E-state index contributed by atoms with van der Waals surface area (Å²) in [5.74, 6) is -3.51. The van der Waals surface area contributed by atoms with E-state index in [0.29, 0.717) is 25.8 Å². The lowest BCUT2D eigenvalue weighted by Crippen LogP contribution is -2.43. The maximum atomic E-state index is 14.2. The smallest absolute Gasteiger partial charge is 0.256 e. The predicted octanol–water partition coefficient (Wildman–Crippen LogP) is 3.64. The second kappa shape index (κ2) is 8.29. The molecule has 1 fully saturated rings. The standard InChI is InChI=1S/C21H21F2NO3/c1-27-18-10-9-16(19(22)20(18)23)21(26)24-11-5-8-15(13-24)17(25)12-14-6-3-2-4-7-14/h2-4,6-7,9-10,15H,5,8,11-13H2,1H3. The molecule has 1 heterocycles. The highest BCUT2D eigenvalue weighted by molar-refractivity contribution is 5.95. The van der Waals surface area contributed by atoms with Gasteiger partial charge in [-0.2, -0.15) is 4.39 Å². The van der Waals surface area contributed by atoms with Crippen molar-refractivity contribution in [2.75, 3.05) is 20.2 Å². The van der Waals surface area contributed by atoms with Crippen LogP contribution in [0.15, 0.2) is 42.5 Å². The molecular formula is C21H21F2NO3.